The summed E-state index contributed by atoms with van der Waals surface area (Å²) in [5.74, 6) is 2.32. The third-order valence-corrected chi connectivity index (χ3v) is 4.32. The van der Waals surface area contributed by atoms with Crippen molar-refractivity contribution in [3.8, 4) is 0 Å². The van der Waals surface area contributed by atoms with E-state index in [2.05, 4.69) is 20.8 Å². The van der Waals surface area contributed by atoms with Crippen LogP contribution in [0.15, 0.2) is 22.8 Å². The van der Waals surface area contributed by atoms with Gasteiger partial charge in [-0.25, -0.2) is 0 Å². The van der Waals surface area contributed by atoms with Crippen molar-refractivity contribution in [2.75, 3.05) is 5.88 Å². The monoisotopic (exact) mass is 198 g/mol. The zero-order valence-electron chi connectivity index (χ0n) is 8.30. The third-order valence-electron chi connectivity index (χ3n) is 4.01. The first-order valence-corrected chi connectivity index (χ1v) is 5.18. The second-order valence-electron chi connectivity index (χ2n) is 4.61. The number of rotatable bonds is 2. The van der Waals surface area contributed by atoms with Gasteiger partial charge in [0, 0.05) is 11.3 Å². The van der Waals surface area contributed by atoms with Crippen LogP contribution in [0.3, 0.4) is 0 Å². The predicted octanol–water partition coefficient (Wildman–Crippen LogP) is 3.43. The molecule has 0 spiro atoms. The quantitative estimate of drug-likeness (QED) is 0.664. The van der Waals surface area contributed by atoms with Crippen LogP contribution in [0, 0.1) is 11.3 Å². The van der Waals surface area contributed by atoms with E-state index in [1.54, 1.807) is 6.26 Å². The van der Waals surface area contributed by atoms with Gasteiger partial charge in [0.15, 0.2) is 0 Å². The number of hydrogen-bond donors (Lipinski definition) is 0. The highest BCUT2D eigenvalue weighted by Crippen LogP contribution is 2.69. The van der Waals surface area contributed by atoms with Gasteiger partial charge in [-0.3, -0.25) is 0 Å². The Morgan fingerprint density at radius 3 is 2.54 bits per heavy atom. The van der Waals surface area contributed by atoms with Gasteiger partial charge < -0.3 is 4.42 Å². The van der Waals surface area contributed by atoms with Crippen molar-refractivity contribution < 1.29 is 4.42 Å². The van der Waals surface area contributed by atoms with Crippen molar-refractivity contribution in [2.24, 2.45) is 11.3 Å². The predicted molar refractivity (Wildman–Crippen MR) is 54.1 cm³/mol. The van der Waals surface area contributed by atoms with Crippen LogP contribution < -0.4 is 0 Å². The Hall–Kier alpha value is -0.430. The maximum Gasteiger partial charge on any atom is 0.110 e. The molecule has 2 unspecified atom stereocenters. The SMILES string of the molecule is CC1(C)C(CCl)C1(C)c1ccco1. The van der Waals surface area contributed by atoms with Crippen molar-refractivity contribution in [1.29, 1.82) is 0 Å². The molecule has 0 radical (unpaired) electrons. The molecule has 1 aromatic rings. The molecular formula is C11H15ClO. The summed E-state index contributed by atoms with van der Waals surface area (Å²) in [6, 6.07) is 3.99. The molecule has 1 fully saturated rings. The molecule has 1 aromatic heterocycles. The Morgan fingerprint density at radius 2 is 2.15 bits per heavy atom. The molecule has 1 aliphatic carbocycles. The lowest BCUT2D eigenvalue weighted by Crippen LogP contribution is -2.08. The summed E-state index contributed by atoms with van der Waals surface area (Å²) < 4.78 is 5.47. The average Bonchev–Trinajstić information content (AvgIpc) is 2.52. The second kappa shape index (κ2) is 2.54. The van der Waals surface area contributed by atoms with E-state index >= 15 is 0 Å². The lowest BCUT2D eigenvalue weighted by molar-refractivity contribution is 0.412. The normalized spacial score (nSPS) is 36.2. The van der Waals surface area contributed by atoms with Crippen LogP contribution in [-0.4, -0.2) is 5.88 Å². The molecule has 0 saturated heterocycles. The van der Waals surface area contributed by atoms with Gasteiger partial charge >= 0.3 is 0 Å². The van der Waals surface area contributed by atoms with Gasteiger partial charge in [0.05, 0.1) is 6.26 Å². The lowest BCUT2D eigenvalue weighted by atomic mass is 9.95. The summed E-state index contributed by atoms with van der Waals surface area (Å²) in [5, 5.41) is 0. The molecule has 1 heterocycles. The highest BCUT2D eigenvalue weighted by atomic mass is 35.5. The number of halogens is 1. The van der Waals surface area contributed by atoms with Crippen LogP contribution in [0.1, 0.15) is 26.5 Å². The fourth-order valence-corrected chi connectivity index (χ4v) is 3.21. The highest BCUT2D eigenvalue weighted by Gasteiger charge is 2.69. The molecule has 72 valence electrons. The van der Waals surface area contributed by atoms with Crippen molar-refractivity contribution in [2.45, 2.75) is 26.2 Å². The third kappa shape index (κ3) is 0.940. The van der Waals surface area contributed by atoms with Crippen LogP contribution in [0.25, 0.3) is 0 Å². The zero-order chi connectivity index (χ0) is 9.69. The number of hydrogen-bond acceptors (Lipinski definition) is 1. The maximum atomic E-state index is 5.94. The maximum absolute atomic E-state index is 5.94. The average molecular weight is 199 g/mol. The molecule has 0 aliphatic heterocycles. The first-order valence-electron chi connectivity index (χ1n) is 4.65. The van der Waals surface area contributed by atoms with E-state index in [9.17, 15) is 0 Å². The molecule has 1 saturated carbocycles. The van der Waals surface area contributed by atoms with E-state index < -0.39 is 0 Å². The van der Waals surface area contributed by atoms with E-state index in [4.69, 9.17) is 16.0 Å². The minimum absolute atomic E-state index is 0.137. The van der Waals surface area contributed by atoms with E-state index in [1.165, 1.54) is 0 Å². The van der Waals surface area contributed by atoms with E-state index in [0.717, 1.165) is 5.76 Å². The first-order chi connectivity index (χ1) is 6.05. The molecule has 0 aromatic carbocycles. The topological polar surface area (TPSA) is 13.1 Å². The molecule has 2 rings (SSSR count). The van der Waals surface area contributed by atoms with E-state index in [1.807, 2.05) is 12.1 Å². The Balaban J connectivity index is 2.35. The van der Waals surface area contributed by atoms with Crippen LogP contribution in [-0.2, 0) is 5.41 Å². The summed E-state index contributed by atoms with van der Waals surface area (Å²) in [6.45, 7) is 6.74. The van der Waals surface area contributed by atoms with Crippen molar-refractivity contribution in [3.05, 3.63) is 24.2 Å². The standard InChI is InChI=1S/C11H15ClO/c1-10(2)8(7-12)11(10,3)9-5-4-6-13-9/h4-6,8H,7H2,1-3H3. The minimum Gasteiger partial charge on any atom is -0.469 e. The number of furan rings is 1. The molecule has 0 amide bonds. The van der Waals surface area contributed by atoms with Gasteiger partial charge in [-0.1, -0.05) is 20.8 Å². The molecule has 1 nitrogen and oxygen atoms in total. The van der Waals surface area contributed by atoms with Crippen LogP contribution >= 0.6 is 11.6 Å². The van der Waals surface area contributed by atoms with Crippen molar-refractivity contribution in [1.82, 2.24) is 0 Å². The summed E-state index contributed by atoms with van der Waals surface area (Å²) in [6.07, 6.45) is 1.74. The Bertz CT molecular complexity index is 302. The van der Waals surface area contributed by atoms with Gasteiger partial charge in [-0.15, -0.1) is 11.6 Å². The largest absolute Gasteiger partial charge is 0.469 e. The molecule has 1 aliphatic rings. The second-order valence-corrected chi connectivity index (χ2v) is 4.92. The Morgan fingerprint density at radius 1 is 1.46 bits per heavy atom. The first kappa shape index (κ1) is 9.14. The lowest BCUT2D eigenvalue weighted by Gasteiger charge is -2.10. The van der Waals surface area contributed by atoms with Gasteiger partial charge in [0.1, 0.15) is 5.76 Å². The smallest absolute Gasteiger partial charge is 0.110 e. The summed E-state index contributed by atoms with van der Waals surface area (Å²) in [7, 11) is 0. The van der Waals surface area contributed by atoms with Crippen LogP contribution in [0.4, 0.5) is 0 Å². The van der Waals surface area contributed by atoms with Gasteiger partial charge in [0.2, 0.25) is 0 Å². The van der Waals surface area contributed by atoms with Crippen LogP contribution in [0.5, 0.6) is 0 Å². The van der Waals surface area contributed by atoms with Crippen molar-refractivity contribution >= 4 is 11.6 Å². The molecule has 2 atom stereocenters. The number of alkyl halides is 1. The fourth-order valence-electron chi connectivity index (χ4n) is 2.51. The molecule has 2 heteroatoms. The van der Waals surface area contributed by atoms with Crippen molar-refractivity contribution in [3.63, 3.8) is 0 Å². The summed E-state index contributed by atoms with van der Waals surface area (Å²) in [4.78, 5) is 0. The molecular weight excluding hydrogens is 184 g/mol. The molecule has 0 bridgehead atoms. The Labute approximate surface area is 84.1 Å². The van der Waals surface area contributed by atoms with Gasteiger partial charge in [-0.05, 0) is 23.5 Å². The summed E-state index contributed by atoms with van der Waals surface area (Å²) >= 11 is 5.94. The Kier molecular flexibility index (Phi) is 1.78. The minimum atomic E-state index is 0.137. The summed E-state index contributed by atoms with van der Waals surface area (Å²) in [5.41, 5.74) is 0.408. The molecule has 0 N–H and O–H groups in total. The van der Waals surface area contributed by atoms with Gasteiger partial charge in [-0.2, -0.15) is 0 Å². The fraction of sp³-hybridized carbons (Fsp3) is 0.636. The van der Waals surface area contributed by atoms with Gasteiger partial charge in [0.25, 0.3) is 0 Å². The van der Waals surface area contributed by atoms with E-state index in [-0.39, 0.29) is 10.8 Å². The molecule has 13 heavy (non-hydrogen) atoms. The van der Waals surface area contributed by atoms with E-state index in [0.29, 0.717) is 11.8 Å². The highest BCUT2D eigenvalue weighted by molar-refractivity contribution is 6.18. The van der Waals surface area contributed by atoms with Crippen LogP contribution in [0.2, 0.25) is 0 Å². The zero-order valence-corrected chi connectivity index (χ0v) is 9.06.